The Morgan fingerprint density at radius 2 is 1.46 bits per heavy atom. The molecule has 3 aromatic rings. The van der Waals surface area contributed by atoms with E-state index in [0.717, 1.165) is 24.9 Å². The summed E-state index contributed by atoms with van der Waals surface area (Å²) in [5, 5.41) is 9.20. The van der Waals surface area contributed by atoms with Crippen LogP contribution in [-0.2, 0) is 12.8 Å². The zero-order valence-corrected chi connectivity index (χ0v) is 17.5. The summed E-state index contributed by atoms with van der Waals surface area (Å²) in [7, 11) is 2.01. The highest BCUT2D eigenvalue weighted by molar-refractivity contribution is 5.82. The molecule has 0 saturated carbocycles. The summed E-state index contributed by atoms with van der Waals surface area (Å²) in [6.45, 7) is 7.34. The van der Waals surface area contributed by atoms with Crippen molar-refractivity contribution in [3.63, 3.8) is 0 Å². The third-order valence-corrected chi connectivity index (χ3v) is 4.83. The van der Waals surface area contributed by atoms with Gasteiger partial charge in [-0.15, -0.1) is 0 Å². The normalized spacial score (nSPS) is 12.9. The van der Waals surface area contributed by atoms with E-state index in [9.17, 15) is 4.39 Å². The average molecular weight is 381 g/mol. The number of fused-ring (bicyclic) bond motifs is 1. The van der Waals surface area contributed by atoms with Gasteiger partial charge in [-0.05, 0) is 74.3 Å². The van der Waals surface area contributed by atoms with Gasteiger partial charge in [-0.25, -0.2) is 4.39 Å². The molecule has 0 amide bonds. The number of benzene rings is 3. The lowest BCUT2D eigenvalue weighted by molar-refractivity contribution is 0.561. The third-order valence-electron chi connectivity index (χ3n) is 4.83. The summed E-state index contributed by atoms with van der Waals surface area (Å²) in [6.07, 6.45) is 1.97. The van der Waals surface area contributed by atoms with Gasteiger partial charge in [0.1, 0.15) is 5.82 Å². The second-order valence-electron chi connectivity index (χ2n) is 7.37. The smallest absolute Gasteiger partial charge is 0.123 e. The Morgan fingerprint density at radius 3 is 2.14 bits per heavy atom. The highest BCUT2D eigenvalue weighted by Gasteiger charge is 2.02. The van der Waals surface area contributed by atoms with Gasteiger partial charge in [0.15, 0.2) is 0 Å². The van der Waals surface area contributed by atoms with Crippen LogP contribution in [0.3, 0.4) is 0 Å². The molecule has 3 rings (SSSR count). The van der Waals surface area contributed by atoms with Crippen molar-refractivity contribution < 1.29 is 4.39 Å². The maximum atomic E-state index is 12.8. The molecule has 2 atom stereocenters. The van der Waals surface area contributed by atoms with Gasteiger partial charge in [-0.1, -0.05) is 61.5 Å². The number of halogens is 1. The van der Waals surface area contributed by atoms with Crippen molar-refractivity contribution in [1.82, 2.24) is 10.6 Å². The van der Waals surface area contributed by atoms with E-state index in [1.807, 2.05) is 13.1 Å². The molecule has 3 aromatic carbocycles. The standard InChI is InChI=1S/C14H17N.C11H16FN/c1-11(15-2)9-12-7-8-13-5-3-4-6-14(13)10-12;1-3-13-9(2)7-10-5-4-6-11(12)8-10/h3-8,10-11,15H,9H2,1-2H3;4-6,8-9,13H,3,7H2,1-2H3. The highest BCUT2D eigenvalue weighted by atomic mass is 19.1. The van der Waals surface area contributed by atoms with E-state index in [1.54, 1.807) is 12.1 Å². The van der Waals surface area contributed by atoms with Crippen molar-refractivity contribution in [2.75, 3.05) is 13.6 Å². The molecule has 0 radical (unpaired) electrons. The zero-order chi connectivity index (χ0) is 20.4. The third kappa shape index (κ3) is 7.41. The lowest BCUT2D eigenvalue weighted by Crippen LogP contribution is -2.27. The van der Waals surface area contributed by atoms with Crippen LogP contribution in [0.15, 0.2) is 66.7 Å². The van der Waals surface area contributed by atoms with Crippen molar-refractivity contribution >= 4 is 10.8 Å². The molecule has 28 heavy (non-hydrogen) atoms. The molecule has 2 nitrogen and oxygen atoms in total. The molecule has 2 N–H and O–H groups in total. The van der Waals surface area contributed by atoms with E-state index < -0.39 is 0 Å². The van der Waals surface area contributed by atoms with Crippen molar-refractivity contribution in [2.24, 2.45) is 0 Å². The molecule has 0 bridgehead atoms. The minimum Gasteiger partial charge on any atom is -0.317 e. The van der Waals surface area contributed by atoms with Gasteiger partial charge in [-0.3, -0.25) is 0 Å². The SMILES string of the molecule is CCNC(C)Cc1cccc(F)c1.CNC(C)Cc1ccc2ccccc2c1. The fraction of sp³-hybridized carbons (Fsp3) is 0.360. The number of rotatable bonds is 7. The molecule has 0 fully saturated rings. The van der Waals surface area contributed by atoms with Gasteiger partial charge in [0.25, 0.3) is 0 Å². The fourth-order valence-corrected chi connectivity index (χ4v) is 3.26. The van der Waals surface area contributed by atoms with Crippen LogP contribution in [0.1, 0.15) is 31.9 Å². The monoisotopic (exact) mass is 380 g/mol. The molecular formula is C25H33FN2. The molecule has 0 saturated heterocycles. The van der Waals surface area contributed by atoms with E-state index in [4.69, 9.17) is 0 Å². The van der Waals surface area contributed by atoms with Crippen molar-refractivity contribution in [1.29, 1.82) is 0 Å². The summed E-state index contributed by atoms with van der Waals surface area (Å²) < 4.78 is 12.8. The quantitative estimate of drug-likeness (QED) is 0.577. The van der Waals surface area contributed by atoms with Crippen LogP contribution in [0, 0.1) is 5.82 Å². The minimum absolute atomic E-state index is 0.152. The Labute approximate surface area is 169 Å². The lowest BCUT2D eigenvalue weighted by Gasteiger charge is -2.11. The predicted octanol–water partition coefficient (Wildman–Crippen LogP) is 5.36. The van der Waals surface area contributed by atoms with Crippen LogP contribution >= 0.6 is 0 Å². The first kappa shape index (κ1) is 22.1. The van der Waals surface area contributed by atoms with Crippen LogP contribution in [0.25, 0.3) is 10.8 Å². The molecule has 0 heterocycles. The largest absolute Gasteiger partial charge is 0.317 e. The van der Waals surface area contributed by atoms with Crippen LogP contribution in [0.2, 0.25) is 0 Å². The maximum Gasteiger partial charge on any atom is 0.123 e. The number of likely N-dealkylation sites (N-methyl/N-ethyl adjacent to an activating group) is 2. The molecule has 3 heteroatoms. The summed E-state index contributed by atoms with van der Waals surface area (Å²) >= 11 is 0. The second kappa shape index (κ2) is 11.6. The zero-order valence-electron chi connectivity index (χ0n) is 17.5. The molecule has 2 unspecified atom stereocenters. The first-order chi connectivity index (χ1) is 13.5. The van der Waals surface area contributed by atoms with Crippen molar-refractivity contribution in [3.05, 3.63) is 83.7 Å². The summed E-state index contributed by atoms with van der Waals surface area (Å²) in [5.74, 6) is -0.152. The molecule has 0 spiro atoms. The lowest BCUT2D eigenvalue weighted by atomic mass is 10.0. The Morgan fingerprint density at radius 1 is 0.786 bits per heavy atom. The van der Waals surface area contributed by atoms with Crippen LogP contribution in [-0.4, -0.2) is 25.7 Å². The van der Waals surface area contributed by atoms with E-state index >= 15 is 0 Å². The molecule has 0 aliphatic carbocycles. The van der Waals surface area contributed by atoms with Crippen LogP contribution in [0.4, 0.5) is 4.39 Å². The first-order valence-corrected chi connectivity index (χ1v) is 10.1. The number of hydrogen-bond acceptors (Lipinski definition) is 2. The van der Waals surface area contributed by atoms with Gasteiger partial charge in [0.2, 0.25) is 0 Å². The average Bonchev–Trinajstić information content (AvgIpc) is 2.68. The van der Waals surface area contributed by atoms with Gasteiger partial charge >= 0.3 is 0 Å². The van der Waals surface area contributed by atoms with E-state index in [1.165, 1.54) is 22.4 Å². The van der Waals surface area contributed by atoms with Gasteiger partial charge in [0.05, 0.1) is 0 Å². The Kier molecular flexibility index (Phi) is 9.12. The highest BCUT2D eigenvalue weighted by Crippen LogP contribution is 2.16. The number of nitrogens with one attached hydrogen (secondary N) is 2. The Bertz CT molecular complexity index is 847. The maximum absolute atomic E-state index is 12.8. The molecular weight excluding hydrogens is 347 g/mol. The first-order valence-electron chi connectivity index (χ1n) is 10.1. The van der Waals surface area contributed by atoms with Crippen LogP contribution < -0.4 is 10.6 Å². The van der Waals surface area contributed by atoms with E-state index in [-0.39, 0.29) is 5.82 Å². The topological polar surface area (TPSA) is 24.1 Å². The Hall–Kier alpha value is -2.23. The van der Waals surface area contributed by atoms with Gasteiger partial charge in [0, 0.05) is 12.1 Å². The van der Waals surface area contributed by atoms with Crippen molar-refractivity contribution in [3.8, 4) is 0 Å². The van der Waals surface area contributed by atoms with Gasteiger partial charge in [-0.2, -0.15) is 0 Å². The Balaban J connectivity index is 0.000000203. The number of hydrogen-bond donors (Lipinski definition) is 2. The predicted molar refractivity (Wildman–Crippen MR) is 119 cm³/mol. The van der Waals surface area contributed by atoms with Crippen LogP contribution in [0.5, 0.6) is 0 Å². The van der Waals surface area contributed by atoms with E-state index in [2.05, 4.69) is 73.9 Å². The van der Waals surface area contributed by atoms with Gasteiger partial charge < -0.3 is 10.6 Å². The summed E-state index contributed by atoms with van der Waals surface area (Å²) in [6, 6.07) is 22.9. The minimum atomic E-state index is -0.152. The second-order valence-corrected chi connectivity index (χ2v) is 7.37. The summed E-state index contributed by atoms with van der Waals surface area (Å²) in [4.78, 5) is 0. The fourth-order valence-electron chi connectivity index (χ4n) is 3.26. The van der Waals surface area contributed by atoms with Crippen molar-refractivity contribution in [2.45, 2.75) is 45.7 Å². The molecule has 0 aliphatic rings. The van der Waals surface area contributed by atoms with E-state index in [0.29, 0.717) is 12.1 Å². The molecule has 0 aromatic heterocycles. The summed E-state index contributed by atoms with van der Waals surface area (Å²) in [5.41, 5.74) is 2.45. The molecule has 0 aliphatic heterocycles. The molecule has 150 valence electrons.